The van der Waals surface area contributed by atoms with Crippen LogP contribution in [0, 0.1) is 0 Å². The van der Waals surface area contributed by atoms with Crippen LogP contribution in [0.5, 0.6) is 0 Å². The van der Waals surface area contributed by atoms with Crippen LogP contribution >= 0.6 is 23.2 Å². The predicted molar refractivity (Wildman–Crippen MR) is 118 cm³/mol. The number of likely N-dealkylation sites (tertiary alicyclic amines) is 1. The Labute approximate surface area is 183 Å². The number of hydrogen-bond acceptors (Lipinski definition) is 3. The van der Waals surface area contributed by atoms with Crippen molar-refractivity contribution in [1.82, 2.24) is 19.2 Å². The number of anilines is 1. The Morgan fingerprint density at radius 3 is 2.43 bits per heavy atom. The van der Waals surface area contributed by atoms with Crippen LogP contribution in [0.3, 0.4) is 0 Å². The number of rotatable bonds is 3. The first-order chi connectivity index (χ1) is 14.4. The highest BCUT2D eigenvalue weighted by atomic mass is 35.5. The molecule has 1 aromatic heterocycles. The molecule has 2 aromatic carbocycles. The Morgan fingerprint density at radius 1 is 1.07 bits per heavy atom. The summed E-state index contributed by atoms with van der Waals surface area (Å²) < 4.78 is 3.03. The van der Waals surface area contributed by atoms with Gasteiger partial charge in [0.15, 0.2) is 0 Å². The largest absolute Gasteiger partial charge is 0.350 e. The first-order valence-electron chi connectivity index (χ1n) is 9.66. The van der Waals surface area contributed by atoms with Crippen LogP contribution in [0.15, 0.2) is 53.3 Å². The number of amides is 2. The van der Waals surface area contributed by atoms with Crippen LogP contribution in [-0.4, -0.2) is 38.4 Å². The Kier molecular flexibility index (Phi) is 5.83. The standard InChI is InChI=1S/C21H21Cl2N5O2/c1-26-21(30)28(16-5-3-2-4-6-16)19(25-26)14-9-11-27(12-10-14)20(29)24-15-7-8-17(22)18(23)13-15/h2-8,13-14H,9-12H2,1H3,(H,24,29). The zero-order valence-corrected chi connectivity index (χ0v) is 17.9. The number of piperidine rings is 1. The van der Waals surface area contributed by atoms with Gasteiger partial charge in [0.2, 0.25) is 0 Å². The molecule has 1 fully saturated rings. The molecule has 156 valence electrons. The van der Waals surface area contributed by atoms with Crippen molar-refractivity contribution < 1.29 is 4.79 Å². The first kappa shape index (κ1) is 20.5. The highest BCUT2D eigenvalue weighted by molar-refractivity contribution is 6.42. The molecule has 3 aromatic rings. The van der Waals surface area contributed by atoms with Crippen molar-refractivity contribution in [3.05, 3.63) is 74.9 Å². The highest BCUT2D eigenvalue weighted by Crippen LogP contribution is 2.29. The minimum Gasteiger partial charge on any atom is -0.324 e. The minimum absolute atomic E-state index is 0.0909. The van der Waals surface area contributed by atoms with Gasteiger partial charge in [-0.2, -0.15) is 5.10 Å². The van der Waals surface area contributed by atoms with Crippen LogP contribution < -0.4 is 11.0 Å². The Morgan fingerprint density at radius 2 is 1.77 bits per heavy atom. The number of urea groups is 1. The number of aromatic nitrogens is 3. The number of aryl methyl sites for hydroxylation is 1. The summed E-state index contributed by atoms with van der Waals surface area (Å²) >= 11 is 11.9. The van der Waals surface area contributed by atoms with Gasteiger partial charge in [-0.25, -0.2) is 18.8 Å². The van der Waals surface area contributed by atoms with Crippen LogP contribution in [0.2, 0.25) is 10.0 Å². The van der Waals surface area contributed by atoms with E-state index in [0.717, 1.165) is 24.4 Å². The summed E-state index contributed by atoms with van der Waals surface area (Å²) in [5, 5.41) is 8.17. The molecule has 0 saturated carbocycles. The van der Waals surface area contributed by atoms with E-state index in [2.05, 4.69) is 10.4 Å². The number of hydrogen-bond donors (Lipinski definition) is 1. The smallest absolute Gasteiger partial charge is 0.324 e. The van der Waals surface area contributed by atoms with E-state index in [-0.39, 0.29) is 17.6 Å². The van der Waals surface area contributed by atoms with Gasteiger partial charge in [0.1, 0.15) is 5.82 Å². The number of para-hydroxylation sites is 1. The molecule has 2 amide bonds. The van der Waals surface area contributed by atoms with Crippen molar-refractivity contribution in [1.29, 1.82) is 0 Å². The fourth-order valence-electron chi connectivity index (χ4n) is 3.69. The van der Waals surface area contributed by atoms with Crippen molar-refractivity contribution in [3.8, 4) is 5.69 Å². The maximum Gasteiger partial charge on any atom is 0.350 e. The van der Waals surface area contributed by atoms with E-state index in [9.17, 15) is 9.59 Å². The van der Waals surface area contributed by atoms with E-state index in [1.165, 1.54) is 4.68 Å². The van der Waals surface area contributed by atoms with Gasteiger partial charge < -0.3 is 10.2 Å². The van der Waals surface area contributed by atoms with Gasteiger partial charge in [-0.05, 0) is 43.2 Å². The predicted octanol–water partition coefficient (Wildman–Crippen LogP) is 4.29. The van der Waals surface area contributed by atoms with E-state index in [1.54, 1.807) is 34.7 Å². The minimum atomic E-state index is -0.187. The second kappa shape index (κ2) is 8.53. The summed E-state index contributed by atoms with van der Waals surface area (Å²) in [6.07, 6.45) is 1.44. The average Bonchev–Trinajstić information content (AvgIpc) is 3.06. The van der Waals surface area contributed by atoms with Gasteiger partial charge in [0, 0.05) is 31.7 Å². The molecule has 1 saturated heterocycles. The summed E-state index contributed by atoms with van der Waals surface area (Å²) in [7, 11) is 1.66. The van der Waals surface area contributed by atoms with Crippen molar-refractivity contribution in [2.75, 3.05) is 18.4 Å². The summed E-state index contributed by atoms with van der Waals surface area (Å²) in [6.45, 7) is 1.13. The lowest BCUT2D eigenvalue weighted by Gasteiger charge is -2.31. The molecule has 0 unspecified atom stereocenters. The van der Waals surface area contributed by atoms with E-state index in [0.29, 0.717) is 28.8 Å². The molecule has 9 heteroatoms. The third kappa shape index (κ3) is 4.08. The molecule has 0 spiro atoms. The monoisotopic (exact) mass is 445 g/mol. The quantitative estimate of drug-likeness (QED) is 0.653. The summed E-state index contributed by atoms with van der Waals surface area (Å²) in [5.74, 6) is 0.825. The van der Waals surface area contributed by atoms with E-state index in [4.69, 9.17) is 23.2 Å². The zero-order valence-electron chi connectivity index (χ0n) is 16.4. The third-order valence-electron chi connectivity index (χ3n) is 5.28. The van der Waals surface area contributed by atoms with Gasteiger partial charge in [-0.15, -0.1) is 0 Å². The third-order valence-corrected chi connectivity index (χ3v) is 6.02. The lowest BCUT2D eigenvalue weighted by molar-refractivity contribution is 0.193. The van der Waals surface area contributed by atoms with E-state index >= 15 is 0 Å². The highest BCUT2D eigenvalue weighted by Gasteiger charge is 2.28. The molecule has 1 aliphatic rings. The molecule has 0 atom stereocenters. The van der Waals surface area contributed by atoms with Crippen molar-refractivity contribution >= 4 is 34.9 Å². The number of nitrogens with zero attached hydrogens (tertiary/aromatic N) is 4. The first-order valence-corrected chi connectivity index (χ1v) is 10.4. The van der Waals surface area contributed by atoms with Crippen molar-refractivity contribution in [2.24, 2.45) is 7.05 Å². The number of carbonyl (C=O) groups is 1. The molecule has 7 nitrogen and oxygen atoms in total. The van der Waals surface area contributed by atoms with Crippen LogP contribution in [-0.2, 0) is 7.05 Å². The number of nitrogens with one attached hydrogen (secondary N) is 1. The van der Waals surface area contributed by atoms with Gasteiger partial charge >= 0.3 is 11.7 Å². The van der Waals surface area contributed by atoms with E-state index < -0.39 is 0 Å². The second-order valence-electron chi connectivity index (χ2n) is 7.26. The molecular formula is C21H21Cl2N5O2. The fraction of sp³-hybridized carbons (Fsp3) is 0.286. The normalized spacial score (nSPS) is 14.7. The van der Waals surface area contributed by atoms with Gasteiger partial charge in [-0.3, -0.25) is 0 Å². The fourth-order valence-corrected chi connectivity index (χ4v) is 3.98. The van der Waals surface area contributed by atoms with Crippen LogP contribution in [0.25, 0.3) is 5.69 Å². The number of benzene rings is 2. The van der Waals surface area contributed by atoms with Gasteiger partial charge in [0.25, 0.3) is 0 Å². The summed E-state index contributed by atoms with van der Waals surface area (Å²) in [5.41, 5.74) is 1.22. The van der Waals surface area contributed by atoms with Crippen LogP contribution in [0.4, 0.5) is 10.5 Å². The molecule has 2 heterocycles. The van der Waals surface area contributed by atoms with Gasteiger partial charge in [-0.1, -0.05) is 41.4 Å². The van der Waals surface area contributed by atoms with Crippen molar-refractivity contribution in [3.63, 3.8) is 0 Å². The maximum absolute atomic E-state index is 12.6. The summed E-state index contributed by atoms with van der Waals surface area (Å²) in [6, 6.07) is 14.3. The lowest BCUT2D eigenvalue weighted by Crippen LogP contribution is -2.41. The zero-order chi connectivity index (χ0) is 21.3. The summed E-state index contributed by atoms with van der Waals surface area (Å²) in [4.78, 5) is 27.0. The molecular weight excluding hydrogens is 425 g/mol. The maximum atomic E-state index is 12.6. The Bertz CT molecular complexity index is 1120. The van der Waals surface area contributed by atoms with E-state index in [1.807, 2.05) is 30.3 Å². The average molecular weight is 446 g/mol. The number of halogens is 2. The topological polar surface area (TPSA) is 72.2 Å². The van der Waals surface area contributed by atoms with Gasteiger partial charge in [0.05, 0.1) is 15.7 Å². The molecule has 0 aliphatic carbocycles. The Hall–Kier alpha value is -2.77. The van der Waals surface area contributed by atoms with Crippen LogP contribution in [0.1, 0.15) is 24.6 Å². The SMILES string of the molecule is Cn1nc(C2CCN(C(=O)Nc3ccc(Cl)c(Cl)c3)CC2)n(-c2ccccc2)c1=O. The lowest BCUT2D eigenvalue weighted by atomic mass is 9.96. The second-order valence-corrected chi connectivity index (χ2v) is 8.07. The Balaban J connectivity index is 1.46. The molecule has 0 bridgehead atoms. The molecule has 4 rings (SSSR count). The molecule has 1 aliphatic heterocycles. The number of carbonyl (C=O) groups excluding carboxylic acids is 1. The van der Waals surface area contributed by atoms with Crippen molar-refractivity contribution in [2.45, 2.75) is 18.8 Å². The molecule has 1 N–H and O–H groups in total. The molecule has 30 heavy (non-hydrogen) atoms. The molecule has 0 radical (unpaired) electrons.